The molecule has 0 saturated heterocycles. The minimum Gasteiger partial charge on any atom is -0.481 e. The summed E-state index contributed by atoms with van der Waals surface area (Å²) in [6, 6.07) is 1.50. The first-order valence-corrected chi connectivity index (χ1v) is 7.37. The van der Waals surface area contributed by atoms with Gasteiger partial charge in [0.25, 0.3) is 0 Å². The van der Waals surface area contributed by atoms with Gasteiger partial charge in [0.15, 0.2) is 0 Å². The summed E-state index contributed by atoms with van der Waals surface area (Å²) in [6.45, 7) is 0. The Morgan fingerprint density at radius 3 is 2.63 bits per heavy atom. The summed E-state index contributed by atoms with van der Waals surface area (Å²) < 4.78 is 0. The van der Waals surface area contributed by atoms with Gasteiger partial charge in [-0.25, -0.2) is 4.79 Å². The van der Waals surface area contributed by atoms with Crippen molar-refractivity contribution in [2.75, 3.05) is 5.32 Å². The Morgan fingerprint density at radius 1 is 1.32 bits per heavy atom. The van der Waals surface area contributed by atoms with Gasteiger partial charge >= 0.3 is 12.0 Å². The van der Waals surface area contributed by atoms with Crippen molar-refractivity contribution in [2.24, 2.45) is 0 Å². The summed E-state index contributed by atoms with van der Waals surface area (Å²) in [6.07, 6.45) is 4.49. The maximum Gasteiger partial charge on any atom is 0.319 e. The van der Waals surface area contributed by atoms with Crippen molar-refractivity contribution in [3.8, 4) is 0 Å². The highest BCUT2D eigenvalue weighted by molar-refractivity contribution is 7.08. The lowest BCUT2D eigenvalue weighted by Crippen LogP contribution is -2.52. The van der Waals surface area contributed by atoms with E-state index in [0.29, 0.717) is 0 Å². The Bertz CT molecular complexity index is 439. The molecular weight excluding hydrogens is 264 g/mol. The van der Waals surface area contributed by atoms with E-state index in [2.05, 4.69) is 10.6 Å². The van der Waals surface area contributed by atoms with Crippen molar-refractivity contribution in [3.05, 3.63) is 16.8 Å². The zero-order valence-electron chi connectivity index (χ0n) is 10.6. The average Bonchev–Trinajstić information content (AvgIpc) is 2.81. The van der Waals surface area contributed by atoms with Gasteiger partial charge in [-0.15, -0.1) is 0 Å². The van der Waals surface area contributed by atoms with Crippen molar-refractivity contribution in [1.29, 1.82) is 0 Å². The maximum atomic E-state index is 12.0. The number of rotatable bonds is 4. The maximum absolute atomic E-state index is 12.0. The van der Waals surface area contributed by atoms with E-state index in [0.717, 1.165) is 37.8 Å². The van der Waals surface area contributed by atoms with Crippen LogP contribution in [0.5, 0.6) is 0 Å². The van der Waals surface area contributed by atoms with Crippen LogP contribution in [0.25, 0.3) is 0 Å². The number of hydrogen-bond acceptors (Lipinski definition) is 3. The third kappa shape index (κ3) is 3.96. The van der Waals surface area contributed by atoms with Crippen LogP contribution in [0.15, 0.2) is 16.8 Å². The van der Waals surface area contributed by atoms with Crippen LogP contribution < -0.4 is 10.6 Å². The van der Waals surface area contributed by atoms with Crippen LogP contribution in [-0.2, 0) is 4.79 Å². The molecule has 2 rings (SSSR count). The zero-order valence-corrected chi connectivity index (χ0v) is 11.5. The molecule has 0 spiro atoms. The number of carbonyl (C=O) groups is 2. The van der Waals surface area contributed by atoms with E-state index in [9.17, 15) is 9.59 Å². The van der Waals surface area contributed by atoms with E-state index >= 15 is 0 Å². The highest BCUT2D eigenvalue weighted by Crippen LogP contribution is 2.31. The highest BCUT2D eigenvalue weighted by atomic mass is 32.1. The highest BCUT2D eigenvalue weighted by Gasteiger charge is 2.35. The van der Waals surface area contributed by atoms with Gasteiger partial charge in [0.05, 0.1) is 17.6 Å². The summed E-state index contributed by atoms with van der Waals surface area (Å²) in [7, 11) is 0. The fourth-order valence-electron chi connectivity index (χ4n) is 2.60. The molecule has 19 heavy (non-hydrogen) atoms. The lowest BCUT2D eigenvalue weighted by atomic mass is 9.79. The summed E-state index contributed by atoms with van der Waals surface area (Å²) in [5.74, 6) is -0.863. The molecule has 0 aliphatic heterocycles. The lowest BCUT2D eigenvalue weighted by Gasteiger charge is -2.36. The van der Waals surface area contributed by atoms with Gasteiger partial charge in [-0.05, 0) is 24.3 Å². The van der Waals surface area contributed by atoms with Crippen molar-refractivity contribution in [1.82, 2.24) is 5.32 Å². The quantitative estimate of drug-likeness (QED) is 0.794. The van der Waals surface area contributed by atoms with Gasteiger partial charge in [-0.3, -0.25) is 4.79 Å². The Balaban J connectivity index is 1.98. The van der Waals surface area contributed by atoms with E-state index in [-0.39, 0.29) is 12.5 Å². The number of anilines is 1. The summed E-state index contributed by atoms with van der Waals surface area (Å²) in [5.41, 5.74) is 0.147. The molecule has 0 aromatic carbocycles. The molecule has 3 N–H and O–H groups in total. The predicted octanol–water partition coefficient (Wildman–Crippen LogP) is 3.05. The second kappa shape index (κ2) is 6.06. The van der Waals surface area contributed by atoms with Crippen molar-refractivity contribution in [2.45, 2.75) is 44.1 Å². The fraction of sp³-hybridized carbons (Fsp3) is 0.538. The number of hydrogen-bond donors (Lipinski definition) is 3. The number of urea groups is 1. The topological polar surface area (TPSA) is 78.4 Å². The third-order valence-corrected chi connectivity index (χ3v) is 4.14. The minimum atomic E-state index is -0.863. The first-order valence-electron chi connectivity index (χ1n) is 6.43. The molecule has 1 aliphatic rings. The van der Waals surface area contributed by atoms with Crippen LogP contribution in [0.4, 0.5) is 10.5 Å². The SMILES string of the molecule is O=C(O)CC1(NC(=O)Nc2ccsc2)CCCCC1. The van der Waals surface area contributed by atoms with Crippen molar-refractivity contribution in [3.63, 3.8) is 0 Å². The Labute approximate surface area is 116 Å². The number of carboxylic acids is 1. The first-order chi connectivity index (χ1) is 9.10. The van der Waals surface area contributed by atoms with Crippen LogP contribution in [0.3, 0.4) is 0 Å². The van der Waals surface area contributed by atoms with Crippen LogP contribution >= 0.6 is 11.3 Å². The van der Waals surface area contributed by atoms with Crippen LogP contribution in [0, 0.1) is 0 Å². The molecule has 0 atom stereocenters. The monoisotopic (exact) mass is 282 g/mol. The molecule has 1 aromatic heterocycles. The Hall–Kier alpha value is -1.56. The fourth-order valence-corrected chi connectivity index (χ4v) is 3.19. The second-order valence-corrected chi connectivity index (χ2v) is 5.78. The normalized spacial score (nSPS) is 17.7. The number of carbonyl (C=O) groups excluding carboxylic acids is 1. The van der Waals surface area contributed by atoms with E-state index in [4.69, 9.17) is 5.11 Å². The van der Waals surface area contributed by atoms with Gasteiger partial charge < -0.3 is 15.7 Å². The van der Waals surface area contributed by atoms with E-state index in [1.165, 1.54) is 11.3 Å². The van der Waals surface area contributed by atoms with Crippen molar-refractivity contribution < 1.29 is 14.7 Å². The molecule has 1 aliphatic carbocycles. The molecular formula is C13H18N2O3S. The largest absolute Gasteiger partial charge is 0.481 e. The number of amides is 2. The molecule has 104 valence electrons. The third-order valence-electron chi connectivity index (χ3n) is 3.46. The lowest BCUT2D eigenvalue weighted by molar-refractivity contribution is -0.138. The first kappa shape index (κ1) is 13.9. The number of nitrogens with one attached hydrogen (secondary N) is 2. The standard InChI is InChI=1S/C13H18N2O3S/c16-11(17)8-13(5-2-1-3-6-13)15-12(18)14-10-4-7-19-9-10/h4,7,9H,1-3,5-6,8H2,(H,16,17)(H2,14,15,18). The molecule has 0 radical (unpaired) electrons. The number of carboxylic acid groups (broad SMARTS) is 1. The smallest absolute Gasteiger partial charge is 0.319 e. The Morgan fingerprint density at radius 2 is 2.05 bits per heavy atom. The van der Waals surface area contributed by atoms with Gasteiger partial charge in [0, 0.05) is 5.38 Å². The van der Waals surface area contributed by atoms with Gasteiger partial charge in [0.1, 0.15) is 0 Å². The molecule has 0 unspecified atom stereocenters. The summed E-state index contributed by atoms with van der Waals surface area (Å²) >= 11 is 1.50. The van der Waals surface area contributed by atoms with Crippen molar-refractivity contribution >= 4 is 29.0 Å². The van der Waals surface area contributed by atoms with Gasteiger partial charge in [-0.2, -0.15) is 11.3 Å². The summed E-state index contributed by atoms with van der Waals surface area (Å²) in [5, 5.41) is 18.4. The minimum absolute atomic E-state index is 0.00986. The molecule has 0 bridgehead atoms. The molecule has 1 aromatic rings. The molecule has 1 heterocycles. The number of aliphatic carboxylic acids is 1. The number of thiophene rings is 1. The molecule has 6 heteroatoms. The molecule has 2 amide bonds. The average molecular weight is 282 g/mol. The van der Waals surface area contributed by atoms with Gasteiger partial charge in [0.2, 0.25) is 0 Å². The predicted molar refractivity (Wildman–Crippen MR) is 74.5 cm³/mol. The van der Waals surface area contributed by atoms with E-state index < -0.39 is 11.5 Å². The van der Waals surface area contributed by atoms with Crippen LogP contribution in [0.1, 0.15) is 38.5 Å². The Kier molecular flexibility index (Phi) is 4.42. The molecule has 1 fully saturated rings. The zero-order chi connectivity index (χ0) is 13.7. The summed E-state index contributed by atoms with van der Waals surface area (Å²) in [4.78, 5) is 23.0. The van der Waals surface area contributed by atoms with Gasteiger partial charge in [-0.1, -0.05) is 19.3 Å². The molecule has 1 saturated carbocycles. The van der Waals surface area contributed by atoms with E-state index in [1.807, 2.05) is 16.8 Å². The van der Waals surface area contributed by atoms with Crippen LogP contribution in [0.2, 0.25) is 0 Å². The van der Waals surface area contributed by atoms with Crippen LogP contribution in [-0.4, -0.2) is 22.6 Å². The second-order valence-electron chi connectivity index (χ2n) is 5.00. The van der Waals surface area contributed by atoms with E-state index in [1.54, 1.807) is 0 Å². The molecule has 5 nitrogen and oxygen atoms in total.